The van der Waals surface area contributed by atoms with Crippen LogP contribution in [0.5, 0.6) is 28.7 Å². The molecule has 3 rings (SSSR count). The molecular formula is C20H23NO6. The Kier molecular flexibility index (Phi) is 5.59. The molecule has 0 spiro atoms. The Morgan fingerprint density at radius 2 is 1.59 bits per heavy atom. The first kappa shape index (κ1) is 18.7. The summed E-state index contributed by atoms with van der Waals surface area (Å²) in [6.07, 6.45) is 0. The van der Waals surface area contributed by atoms with E-state index < -0.39 is 0 Å². The number of hydrogen-bond acceptors (Lipinski definition) is 6. The maximum absolute atomic E-state index is 12.7. The van der Waals surface area contributed by atoms with Gasteiger partial charge in [0.1, 0.15) is 13.2 Å². The third kappa shape index (κ3) is 3.86. The number of hydrogen-bond donors (Lipinski definition) is 1. The third-order valence-corrected chi connectivity index (χ3v) is 4.34. The van der Waals surface area contributed by atoms with Crippen molar-refractivity contribution < 1.29 is 28.5 Å². The minimum atomic E-state index is -0.253. The highest BCUT2D eigenvalue weighted by Gasteiger charge is 2.20. The zero-order valence-electron chi connectivity index (χ0n) is 15.8. The lowest BCUT2D eigenvalue weighted by Crippen LogP contribution is -2.27. The van der Waals surface area contributed by atoms with E-state index in [1.165, 1.54) is 21.3 Å². The van der Waals surface area contributed by atoms with E-state index in [0.717, 1.165) is 5.56 Å². The molecule has 0 radical (unpaired) electrons. The van der Waals surface area contributed by atoms with Crippen molar-refractivity contribution in [3.05, 3.63) is 41.5 Å². The van der Waals surface area contributed by atoms with Crippen LogP contribution >= 0.6 is 0 Å². The number of nitrogens with one attached hydrogen (secondary N) is 1. The summed E-state index contributed by atoms with van der Waals surface area (Å²) in [7, 11) is 4.54. The van der Waals surface area contributed by atoms with Crippen LogP contribution in [0.3, 0.4) is 0 Å². The fraction of sp³-hybridized carbons (Fsp3) is 0.350. The highest BCUT2D eigenvalue weighted by Crippen LogP contribution is 2.38. The zero-order chi connectivity index (χ0) is 19.4. The van der Waals surface area contributed by atoms with Crippen molar-refractivity contribution in [2.45, 2.75) is 13.0 Å². The van der Waals surface area contributed by atoms with Gasteiger partial charge >= 0.3 is 0 Å². The smallest absolute Gasteiger partial charge is 0.252 e. The van der Waals surface area contributed by atoms with Crippen molar-refractivity contribution in [3.8, 4) is 28.7 Å². The summed E-state index contributed by atoms with van der Waals surface area (Å²) in [5, 5.41) is 2.97. The second-order valence-corrected chi connectivity index (χ2v) is 6.01. The van der Waals surface area contributed by atoms with E-state index >= 15 is 0 Å². The molecule has 0 aliphatic carbocycles. The molecule has 144 valence electrons. The lowest BCUT2D eigenvalue weighted by Gasteiger charge is -2.21. The summed E-state index contributed by atoms with van der Waals surface area (Å²) < 4.78 is 27.0. The molecule has 0 saturated carbocycles. The van der Waals surface area contributed by atoms with E-state index in [9.17, 15) is 4.79 Å². The monoisotopic (exact) mass is 373 g/mol. The van der Waals surface area contributed by atoms with Crippen molar-refractivity contribution in [1.29, 1.82) is 0 Å². The summed E-state index contributed by atoms with van der Waals surface area (Å²) in [5.74, 6) is 2.44. The van der Waals surface area contributed by atoms with Crippen molar-refractivity contribution in [1.82, 2.24) is 5.32 Å². The minimum Gasteiger partial charge on any atom is -0.493 e. The van der Waals surface area contributed by atoms with Crippen molar-refractivity contribution in [3.63, 3.8) is 0 Å². The molecule has 0 bridgehead atoms. The molecule has 1 aliphatic rings. The SMILES string of the molecule is COc1cc(C(=O)NC(C)c2ccc3c(c2)OCCO3)cc(OC)c1OC. The fourth-order valence-electron chi connectivity index (χ4n) is 2.90. The van der Waals surface area contributed by atoms with Crippen molar-refractivity contribution in [2.24, 2.45) is 0 Å². The predicted molar refractivity (Wildman–Crippen MR) is 99.4 cm³/mol. The quantitative estimate of drug-likeness (QED) is 0.839. The Balaban J connectivity index is 1.80. The Hall–Kier alpha value is -3.09. The Bertz CT molecular complexity index is 810. The molecule has 2 aromatic carbocycles. The maximum atomic E-state index is 12.7. The molecule has 0 aromatic heterocycles. The largest absolute Gasteiger partial charge is 0.493 e. The van der Waals surface area contributed by atoms with Crippen molar-refractivity contribution >= 4 is 5.91 Å². The number of fused-ring (bicyclic) bond motifs is 1. The van der Waals surface area contributed by atoms with Gasteiger partial charge in [-0.15, -0.1) is 0 Å². The fourth-order valence-corrected chi connectivity index (χ4v) is 2.90. The van der Waals surface area contributed by atoms with Crippen LogP contribution in [0.15, 0.2) is 30.3 Å². The van der Waals surface area contributed by atoms with Gasteiger partial charge in [-0.2, -0.15) is 0 Å². The second-order valence-electron chi connectivity index (χ2n) is 6.01. The maximum Gasteiger partial charge on any atom is 0.252 e. The van der Waals surface area contributed by atoms with Gasteiger partial charge in [0.25, 0.3) is 5.91 Å². The number of rotatable bonds is 6. The highest BCUT2D eigenvalue weighted by atomic mass is 16.6. The predicted octanol–water partition coefficient (Wildman–Crippen LogP) is 2.97. The molecule has 1 amide bonds. The Morgan fingerprint density at radius 3 is 2.19 bits per heavy atom. The van der Waals surface area contributed by atoms with Crippen LogP contribution in [0.1, 0.15) is 28.9 Å². The second kappa shape index (κ2) is 8.07. The van der Waals surface area contributed by atoms with Crippen LogP contribution < -0.4 is 29.0 Å². The Labute approximate surface area is 158 Å². The van der Waals surface area contributed by atoms with Gasteiger partial charge in [-0.1, -0.05) is 6.07 Å². The minimum absolute atomic E-state index is 0.229. The lowest BCUT2D eigenvalue weighted by molar-refractivity contribution is 0.0939. The topological polar surface area (TPSA) is 75.3 Å². The lowest BCUT2D eigenvalue weighted by atomic mass is 10.1. The molecule has 2 aromatic rings. The van der Waals surface area contributed by atoms with Gasteiger partial charge in [0, 0.05) is 5.56 Å². The third-order valence-electron chi connectivity index (χ3n) is 4.34. The molecule has 7 heteroatoms. The molecule has 1 heterocycles. The van der Waals surface area contributed by atoms with E-state index in [2.05, 4.69) is 5.32 Å². The van der Waals surface area contributed by atoms with E-state index in [-0.39, 0.29) is 11.9 Å². The van der Waals surface area contributed by atoms with E-state index in [1.807, 2.05) is 25.1 Å². The summed E-state index contributed by atoms with van der Waals surface area (Å²) >= 11 is 0. The van der Waals surface area contributed by atoms with Crippen LogP contribution in [0.2, 0.25) is 0 Å². The van der Waals surface area contributed by atoms with E-state index in [4.69, 9.17) is 23.7 Å². The standard InChI is InChI=1S/C20H23NO6/c1-12(13-5-6-15-16(9-13)27-8-7-26-15)21-20(22)14-10-17(23-2)19(25-4)18(11-14)24-3/h5-6,9-12H,7-8H2,1-4H3,(H,21,22). The first-order chi connectivity index (χ1) is 13.1. The van der Waals surface area contributed by atoms with Gasteiger partial charge in [0.05, 0.1) is 27.4 Å². The molecule has 1 N–H and O–H groups in total. The number of carbonyl (C=O) groups excluding carboxylic acids is 1. The number of benzene rings is 2. The van der Waals surface area contributed by atoms with Crippen molar-refractivity contribution in [2.75, 3.05) is 34.5 Å². The summed E-state index contributed by atoms with van der Waals surface area (Å²) in [6, 6.07) is 8.65. The van der Waals surface area contributed by atoms with Gasteiger partial charge < -0.3 is 29.0 Å². The molecule has 27 heavy (non-hydrogen) atoms. The van der Waals surface area contributed by atoms with Crippen LogP contribution in [-0.2, 0) is 0 Å². The first-order valence-electron chi connectivity index (χ1n) is 8.57. The van der Waals surface area contributed by atoms with Gasteiger partial charge in [-0.3, -0.25) is 4.79 Å². The van der Waals surface area contributed by atoms with Crippen LogP contribution in [0, 0.1) is 0 Å². The number of amides is 1. The molecule has 0 saturated heterocycles. The first-order valence-corrected chi connectivity index (χ1v) is 8.57. The molecular weight excluding hydrogens is 350 g/mol. The van der Waals surface area contributed by atoms with Crippen LogP contribution in [-0.4, -0.2) is 40.5 Å². The highest BCUT2D eigenvalue weighted by molar-refractivity contribution is 5.95. The summed E-state index contributed by atoms with van der Waals surface area (Å²) in [4.78, 5) is 12.7. The van der Waals surface area contributed by atoms with Gasteiger partial charge in [0.15, 0.2) is 23.0 Å². The summed E-state index contributed by atoms with van der Waals surface area (Å²) in [5.41, 5.74) is 1.33. The van der Waals surface area contributed by atoms with E-state index in [0.29, 0.717) is 47.5 Å². The normalized spacial score (nSPS) is 13.5. The molecule has 1 unspecified atom stereocenters. The Morgan fingerprint density at radius 1 is 0.963 bits per heavy atom. The average molecular weight is 373 g/mol. The van der Waals surface area contributed by atoms with E-state index in [1.54, 1.807) is 12.1 Å². The molecule has 0 fully saturated rings. The molecule has 1 atom stereocenters. The number of carbonyl (C=O) groups is 1. The molecule has 7 nitrogen and oxygen atoms in total. The van der Waals surface area contributed by atoms with Crippen LogP contribution in [0.4, 0.5) is 0 Å². The molecule has 1 aliphatic heterocycles. The average Bonchev–Trinajstić information content (AvgIpc) is 2.71. The zero-order valence-corrected chi connectivity index (χ0v) is 15.8. The number of ether oxygens (including phenoxy) is 5. The summed E-state index contributed by atoms with van der Waals surface area (Å²) in [6.45, 7) is 2.96. The number of methoxy groups -OCH3 is 3. The van der Waals surface area contributed by atoms with Gasteiger partial charge in [-0.25, -0.2) is 0 Å². The van der Waals surface area contributed by atoms with Gasteiger partial charge in [0.2, 0.25) is 5.75 Å². The van der Waals surface area contributed by atoms with Crippen LogP contribution in [0.25, 0.3) is 0 Å². The van der Waals surface area contributed by atoms with Gasteiger partial charge in [-0.05, 0) is 36.8 Å².